The molecule has 0 N–H and O–H groups in total. The van der Waals surface area contributed by atoms with Crippen LogP contribution in [0, 0.1) is 0 Å². The Kier molecular flexibility index (Phi) is 6.10. The average Bonchev–Trinajstić information content (AvgIpc) is 2.59. The average molecular weight is 232 g/mol. The van der Waals surface area contributed by atoms with Gasteiger partial charge in [-0.15, -0.1) is 11.8 Å². The van der Waals surface area contributed by atoms with E-state index in [2.05, 4.69) is 6.92 Å². The lowest BCUT2D eigenvalue weighted by Crippen LogP contribution is -2.11. The third-order valence-corrected chi connectivity index (χ3v) is 3.70. The second-order valence-electron chi connectivity index (χ2n) is 3.80. The van der Waals surface area contributed by atoms with Crippen molar-refractivity contribution in [3.05, 3.63) is 0 Å². The number of hydrogen-bond donors (Lipinski definition) is 0. The van der Waals surface area contributed by atoms with Crippen LogP contribution in [0.4, 0.5) is 0 Å². The number of carbonyl (C=O) groups excluding carboxylic acids is 1. The fourth-order valence-electron chi connectivity index (χ4n) is 1.53. The number of unbranched alkanes of at least 4 members (excludes halogenated alkanes) is 1. The molecule has 0 bridgehead atoms. The Bertz CT molecular complexity index is 196. The van der Waals surface area contributed by atoms with Crippen molar-refractivity contribution < 1.29 is 14.3 Å². The first-order valence-electron chi connectivity index (χ1n) is 5.62. The van der Waals surface area contributed by atoms with E-state index >= 15 is 0 Å². The number of rotatable bonds is 6. The van der Waals surface area contributed by atoms with Crippen LogP contribution in [0.15, 0.2) is 0 Å². The molecule has 0 aliphatic carbocycles. The first-order chi connectivity index (χ1) is 7.22. The van der Waals surface area contributed by atoms with Crippen LogP contribution in [0.1, 0.15) is 39.5 Å². The summed E-state index contributed by atoms with van der Waals surface area (Å²) >= 11 is 1.73. The Morgan fingerprint density at radius 1 is 1.47 bits per heavy atom. The highest BCUT2D eigenvalue weighted by Gasteiger charge is 2.27. The molecule has 2 atom stereocenters. The van der Waals surface area contributed by atoms with E-state index in [0.29, 0.717) is 5.25 Å². The first-order valence-corrected chi connectivity index (χ1v) is 6.57. The van der Waals surface area contributed by atoms with E-state index in [4.69, 9.17) is 9.47 Å². The van der Waals surface area contributed by atoms with Gasteiger partial charge in [-0.2, -0.15) is 0 Å². The third-order valence-electron chi connectivity index (χ3n) is 2.31. The maximum atomic E-state index is 10.7. The summed E-state index contributed by atoms with van der Waals surface area (Å²) in [6, 6.07) is 0. The summed E-state index contributed by atoms with van der Waals surface area (Å²) in [6.07, 6.45) is 4.36. The van der Waals surface area contributed by atoms with E-state index in [1.807, 2.05) is 0 Å². The quantitative estimate of drug-likeness (QED) is 0.521. The summed E-state index contributed by atoms with van der Waals surface area (Å²) in [5.74, 6) is -0.181. The smallest absolute Gasteiger partial charge is 0.303 e. The lowest BCUT2D eigenvalue weighted by atomic mass is 10.2. The molecule has 0 amide bonds. The monoisotopic (exact) mass is 232 g/mol. The lowest BCUT2D eigenvalue weighted by Gasteiger charge is -2.11. The number of esters is 1. The number of hydrogen-bond acceptors (Lipinski definition) is 4. The molecule has 0 spiro atoms. The maximum Gasteiger partial charge on any atom is 0.303 e. The van der Waals surface area contributed by atoms with E-state index in [0.717, 1.165) is 32.5 Å². The van der Waals surface area contributed by atoms with Gasteiger partial charge in [0.2, 0.25) is 0 Å². The molecule has 0 aromatic carbocycles. The summed E-state index contributed by atoms with van der Waals surface area (Å²) in [6.45, 7) is 5.27. The number of thioether (sulfide) groups is 1. The van der Waals surface area contributed by atoms with Crippen molar-refractivity contribution in [1.29, 1.82) is 0 Å². The molecule has 4 heteroatoms. The molecule has 1 aliphatic rings. The molecule has 1 saturated heterocycles. The zero-order chi connectivity index (χ0) is 11.1. The Labute approximate surface area is 95.9 Å². The van der Waals surface area contributed by atoms with E-state index in [1.54, 1.807) is 11.8 Å². The van der Waals surface area contributed by atoms with Crippen LogP contribution < -0.4 is 0 Å². The Balaban J connectivity index is 2.05. The molecule has 0 radical (unpaired) electrons. The Morgan fingerprint density at radius 3 is 2.93 bits per heavy atom. The van der Waals surface area contributed by atoms with E-state index in [9.17, 15) is 4.79 Å². The van der Waals surface area contributed by atoms with E-state index in [-0.39, 0.29) is 11.4 Å². The van der Waals surface area contributed by atoms with Crippen LogP contribution in [0.5, 0.6) is 0 Å². The van der Waals surface area contributed by atoms with Crippen LogP contribution in [0.25, 0.3) is 0 Å². The van der Waals surface area contributed by atoms with Gasteiger partial charge in [-0.3, -0.25) is 4.79 Å². The fourth-order valence-corrected chi connectivity index (χ4v) is 2.87. The van der Waals surface area contributed by atoms with Gasteiger partial charge in [-0.05, 0) is 19.3 Å². The zero-order valence-electron chi connectivity index (χ0n) is 9.53. The van der Waals surface area contributed by atoms with Gasteiger partial charge in [-0.1, -0.05) is 13.3 Å². The van der Waals surface area contributed by atoms with Gasteiger partial charge < -0.3 is 9.47 Å². The summed E-state index contributed by atoms with van der Waals surface area (Å²) in [7, 11) is 0. The Morgan fingerprint density at radius 2 is 2.27 bits per heavy atom. The van der Waals surface area contributed by atoms with E-state index < -0.39 is 0 Å². The fraction of sp³-hybridized carbons (Fsp3) is 0.909. The molecular formula is C11H20O3S. The molecule has 0 aromatic rings. The maximum absolute atomic E-state index is 10.7. The standard InChI is InChI=1S/C11H20O3S/c1-3-4-7-13-8-10-5-6-11(15-10)14-9(2)12/h10-11H,3-8H2,1-2H3. The normalized spacial score (nSPS) is 25.5. The summed E-state index contributed by atoms with van der Waals surface area (Å²) in [4.78, 5) is 10.7. The van der Waals surface area contributed by atoms with Gasteiger partial charge in [0.1, 0.15) is 5.44 Å². The van der Waals surface area contributed by atoms with Crippen LogP contribution in [0.3, 0.4) is 0 Å². The predicted molar refractivity (Wildman–Crippen MR) is 61.9 cm³/mol. The highest BCUT2D eigenvalue weighted by molar-refractivity contribution is 8.00. The van der Waals surface area contributed by atoms with E-state index in [1.165, 1.54) is 13.3 Å². The number of carbonyl (C=O) groups is 1. The zero-order valence-corrected chi connectivity index (χ0v) is 10.3. The highest BCUT2D eigenvalue weighted by Crippen LogP contribution is 2.34. The van der Waals surface area contributed by atoms with Gasteiger partial charge in [-0.25, -0.2) is 0 Å². The summed E-state index contributed by atoms with van der Waals surface area (Å²) in [5, 5.41) is 0.506. The highest BCUT2D eigenvalue weighted by atomic mass is 32.2. The van der Waals surface area contributed by atoms with Crippen LogP contribution in [-0.2, 0) is 14.3 Å². The number of ether oxygens (including phenoxy) is 2. The molecule has 2 unspecified atom stereocenters. The lowest BCUT2D eigenvalue weighted by molar-refractivity contribution is -0.142. The molecular weight excluding hydrogens is 212 g/mol. The predicted octanol–water partition coefficient (Wildman–Crippen LogP) is 2.59. The minimum Gasteiger partial charge on any atom is -0.451 e. The van der Waals surface area contributed by atoms with Crippen LogP contribution in [-0.4, -0.2) is 29.9 Å². The SMILES string of the molecule is CCCCOCC1CCC(OC(C)=O)S1. The van der Waals surface area contributed by atoms with Gasteiger partial charge in [0.15, 0.2) is 0 Å². The summed E-state index contributed by atoms with van der Waals surface area (Å²) in [5.41, 5.74) is 0.0577. The Hall–Kier alpha value is -0.220. The molecule has 0 aromatic heterocycles. The molecule has 1 rings (SSSR count). The van der Waals surface area contributed by atoms with Crippen molar-refractivity contribution >= 4 is 17.7 Å². The second-order valence-corrected chi connectivity index (χ2v) is 5.27. The van der Waals surface area contributed by atoms with Crippen molar-refractivity contribution in [2.75, 3.05) is 13.2 Å². The molecule has 1 heterocycles. The van der Waals surface area contributed by atoms with Crippen LogP contribution in [0.2, 0.25) is 0 Å². The molecule has 0 saturated carbocycles. The van der Waals surface area contributed by atoms with Gasteiger partial charge >= 0.3 is 5.97 Å². The minimum absolute atomic E-state index is 0.0577. The van der Waals surface area contributed by atoms with Gasteiger partial charge in [0, 0.05) is 18.8 Å². The molecule has 88 valence electrons. The van der Waals surface area contributed by atoms with Crippen molar-refractivity contribution in [3.63, 3.8) is 0 Å². The second kappa shape index (κ2) is 7.12. The van der Waals surface area contributed by atoms with Crippen molar-refractivity contribution in [2.45, 2.75) is 50.2 Å². The first kappa shape index (κ1) is 12.8. The van der Waals surface area contributed by atoms with Crippen molar-refractivity contribution in [3.8, 4) is 0 Å². The van der Waals surface area contributed by atoms with Gasteiger partial charge in [0.05, 0.1) is 6.61 Å². The molecule has 1 fully saturated rings. The largest absolute Gasteiger partial charge is 0.451 e. The third kappa shape index (κ3) is 5.42. The molecule has 1 aliphatic heterocycles. The van der Waals surface area contributed by atoms with Crippen molar-refractivity contribution in [1.82, 2.24) is 0 Å². The minimum atomic E-state index is -0.181. The molecule has 15 heavy (non-hydrogen) atoms. The van der Waals surface area contributed by atoms with Gasteiger partial charge in [0.25, 0.3) is 0 Å². The van der Waals surface area contributed by atoms with Crippen LogP contribution >= 0.6 is 11.8 Å². The molecule has 3 nitrogen and oxygen atoms in total. The van der Waals surface area contributed by atoms with Crippen molar-refractivity contribution in [2.24, 2.45) is 0 Å². The summed E-state index contributed by atoms with van der Waals surface area (Å²) < 4.78 is 10.7. The topological polar surface area (TPSA) is 35.5 Å².